The molecule has 0 aromatic heterocycles. The highest BCUT2D eigenvalue weighted by atomic mass is 35.5. The maximum absolute atomic E-state index is 12.8. The fraction of sp³-hybridized carbons (Fsp3) is 0.619. The molecule has 4 aliphatic rings. The van der Waals surface area contributed by atoms with E-state index in [1.54, 1.807) is 12.1 Å². The molecule has 0 saturated heterocycles. The molecule has 6 heteroatoms. The number of rotatable bonds is 5. The Balaban J connectivity index is 1.33. The topological polar surface area (TPSA) is 75.6 Å². The molecule has 1 aromatic carbocycles. The summed E-state index contributed by atoms with van der Waals surface area (Å²) in [4.78, 5) is 25.0. The molecule has 1 aromatic rings. The van der Waals surface area contributed by atoms with Crippen LogP contribution in [0.25, 0.3) is 0 Å². The first-order chi connectivity index (χ1) is 12.8. The van der Waals surface area contributed by atoms with E-state index < -0.39 is 11.0 Å². The highest BCUT2D eigenvalue weighted by Gasteiger charge is 2.60. The van der Waals surface area contributed by atoms with Crippen molar-refractivity contribution >= 4 is 23.5 Å². The highest BCUT2D eigenvalue weighted by molar-refractivity contribution is 6.30. The van der Waals surface area contributed by atoms with E-state index in [2.05, 4.69) is 5.32 Å². The van der Waals surface area contributed by atoms with Crippen molar-refractivity contribution in [3.05, 3.63) is 34.9 Å². The number of aliphatic hydroxyl groups is 1. The third-order valence-electron chi connectivity index (χ3n) is 6.52. The number of halogens is 1. The summed E-state index contributed by atoms with van der Waals surface area (Å²) in [7, 11) is 0. The van der Waals surface area contributed by atoms with Crippen LogP contribution in [0.5, 0.6) is 0 Å². The van der Waals surface area contributed by atoms with E-state index in [1.165, 1.54) is 0 Å². The number of amides is 1. The van der Waals surface area contributed by atoms with Gasteiger partial charge in [0.2, 0.25) is 0 Å². The zero-order valence-electron chi connectivity index (χ0n) is 15.5. The number of carbonyl (C=O) groups is 2. The molecule has 3 unspecified atom stereocenters. The van der Waals surface area contributed by atoms with Crippen LogP contribution in [0.15, 0.2) is 24.3 Å². The van der Waals surface area contributed by atoms with Crippen molar-refractivity contribution in [1.82, 2.24) is 5.32 Å². The lowest BCUT2D eigenvalue weighted by Gasteiger charge is -2.58. The molecule has 5 rings (SSSR count). The zero-order chi connectivity index (χ0) is 19.2. The molecule has 2 N–H and O–H groups in total. The number of hydrogen-bond acceptors (Lipinski definition) is 4. The van der Waals surface area contributed by atoms with Gasteiger partial charge in [-0.1, -0.05) is 23.7 Å². The molecular formula is C21H26ClNO4. The summed E-state index contributed by atoms with van der Waals surface area (Å²) >= 11 is 5.99. The standard InChI is InChI=1S/C21H26ClNO4/c1-13(16-3-2-4-17(22)6-16)23-18(24)11-27-19(25)20-7-14-5-15(8-20)10-21(26,9-14)12-20/h2-4,6,13-15,26H,5,7-12H2,1H3,(H,23,24). The summed E-state index contributed by atoms with van der Waals surface area (Å²) in [5, 5.41) is 14.2. The smallest absolute Gasteiger partial charge is 0.312 e. The van der Waals surface area contributed by atoms with Crippen LogP contribution < -0.4 is 5.32 Å². The van der Waals surface area contributed by atoms with Crippen LogP contribution in [0.1, 0.15) is 57.1 Å². The molecule has 4 bridgehead atoms. The van der Waals surface area contributed by atoms with E-state index in [1.807, 2.05) is 19.1 Å². The van der Waals surface area contributed by atoms with Gasteiger partial charge in [-0.3, -0.25) is 9.59 Å². The lowest BCUT2D eigenvalue weighted by Crippen LogP contribution is -2.58. The molecule has 0 heterocycles. The Kier molecular flexibility index (Phi) is 4.71. The van der Waals surface area contributed by atoms with Crippen molar-refractivity contribution in [2.45, 2.75) is 57.1 Å². The Labute approximate surface area is 164 Å². The van der Waals surface area contributed by atoms with Gasteiger partial charge in [0.15, 0.2) is 6.61 Å². The summed E-state index contributed by atoms with van der Waals surface area (Å²) in [6, 6.07) is 7.07. The molecule has 4 aliphatic carbocycles. The third kappa shape index (κ3) is 3.72. The minimum atomic E-state index is -0.716. The van der Waals surface area contributed by atoms with Crippen LogP contribution in [0.3, 0.4) is 0 Å². The second-order valence-electron chi connectivity index (χ2n) is 8.89. The van der Waals surface area contributed by atoms with E-state index in [4.69, 9.17) is 16.3 Å². The van der Waals surface area contributed by atoms with E-state index in [0.29, 0.717) is 23.3 Å². The first kappa shape index (κ1) is 18.8. The minimum absolute atomic E-state index is 0.227. The Morgan fingerprint density at radius 3 is 2.63 bits per heavy atom. The maximum atomic E-state index is 12.8. The average molecular weight is 392 g/mol. The zero-order valence-corrected chi connectivity index (χ0v) is 16.3. The van der Waals surface area contributed by atoms with E-state index >= 15 is 0 Å². The predicted molar refractivity (Wildman–Crippen MR) is 101 cm³/mol. The Hall–Kier alpha value is -1.59. The van der Waals surface area contributed by atoms with Gasteiger partial charge in [0.05, 0.1) is 17.1 Å². The van der Waals surface area contributed by atoms with E-state index in [9.17, 15) is 14.7 Å². The van der Waals surface area contributed by atoms with Crippen LogP contribution in [0, 0.1) is 17.3 Å². The van der Waals surface area contributed by atoms with Gasteiger partial charge in [0.1, 0.15) is 0 Å². The Bertz CT molecular complexity index is 750. The van der Waals surface area contributed by atoms with Crippen LogP contribution in [0.4, 0.5) is 0 Å². The number of nitrogens with one attached hydrogen (secondary N) is 1. The second kappa shape index (κ2) is 6.78. The first-order valence-corrected chi connectivity index (χ1v) is 10.1. The van der Waals surface area contributed by atoms with Gasteiger partial charge in [0, 0.05) is 5.02 Å². The summed E-state index contributed by atoms with van der Waals surface area (Å²) in [6.07, 6.45) is 4.75. The number of esters is 1. The number of ether oxygens (including phenoxy) is 1. The van der Waals surface area contributed by atoms with Crippen molar-refractivity contribution in [2.75, 3.05) is 6.61 Å². The molecule has 4 saturated carbocycles. The van der Waals surface area contributed by atoms with Crippen molar-refractivity contribution in [2.24, 2.45) is 17.3 Å². The number of benzene rings is 1. The summed E-state index contributed by atoms with van der Waals surface area (Å²) < 4.78 is 5.41. The first-order valence-electron chi connectivity index (χ1n) is 9.71. The second-order valence-corrected chi connectivity index (χ2v) is 9.32. The molecule has 4 fully saturated rings. The fourth-order valence-corrected chi connectivity index (χ4v) is 6.08. The maximum Gasteiger partial charge on any atom is 0.312 e. The highest BCUT2D eigenvalue weighted by Crippen LogP contribution is 2.61. The van der Waals surface area contributed by atoms with E-state index in [0.717, 1.165) is 37.7 Å². The third-order valence-corrected chi connectivity index (χ3v) is 6.76. The van der Waals surface area contributed by atoms with Crippen LogP contribution >= 0.6 is 11.6 Å². The molecule has 0 aliphatic heterocycles. The van der Waals surface area contributed by atoms with Crippen LogP contribution in [0.2, 0.25) is 5.02 Å². The van der Waals surface area contributed by atoms with Gasteiger partial charge < -0.3 is 15.2 Å². The lowest BCUT2D eigenvalue weighted by molar-refractivity contribution is -0.196. The minimum Gasteiger partial charge on any atom is -0.455 e. The van der Waals surface area contributed by atoms with Gasteiger partial charge >= 0.3 is 5.97 Å². The van der Waals surface area contributed by atoms with Gasteiger partial charge in [-0.2, -0.15) is 0 Å². The monoisotopic (exact) mass is 391 g/mol. The molecular weight excluding hydrogens is 366 g/mol. The van der Waals surface area contributed by atoms with Crippen molar-refractivity contribution < 1.29 is 19.4 Å². The van der Waals surface area contributed by atoms with Crippen molar-refractivity contribution in [1.29, 1.82) is 0 Å². The molecule has 3 atom stereocenters. The van der Waals surface area contributed by atoms with E-state index in [-0.39, 0.29) is 24.5 Å². The molecule has 5 nitrogen and oxygen atoms in total. The van der Waals surface area contributed by atoms with Gasteiger partial charge in [-0.15, -0.1) is 0 Å². The Morgan fingerprint density at radius 2 is 2.00 bits per heavy atom. The summed E-state index contributed by atoms with van der Waals surface area (Å²) in [6.45, 7) is 1.57. The molecule has 0 spiro atoms. The average Bonchev–Trinajstić information content (AvgIpc) is 2.57. The summed E-state index contributed by atoms with van der Waals surface area (Å²) in [5.41, 5.74) is -0.421. The fourth-order valence-electron chi connectivity index (χ4n) is 5.88. The van der Waals surface area contributed by atoms with Gasteiger partial charge in [0.25, 0.3) is 5.91 Å². The predicted octanol–water partition coefficient (Wildman–Crippen LogP) is 3.39. The quantitative estimate of drug-likeness (QED) is 0.754. The largest absolute Gasteiger partial charge is 0.455 e. The molecule has 1 amide bonds. The van der Waals surface area contributed by atoms with Crippen LogP contribution in [-0.2, 0) is 14.3 Å². The summed E-state index contributed by atoms with van der Waals surface area (Å²) in [5.74, 6) is 0.154. The molecule has 0 radical (unpaired) electrons. The normalized spacial score (nSPS) is 34.9. The SMILES string of the molecule is CC(NC(=O)COC(=O)C12CC3CC(CC(O)(C3)C1)C2)c1cccc(Cl)c1. The van der Waals surface area contributed by atoms with Gasteiger partial charge in [-0.05, 0) is 75.0 Å². The Morgan fingerprint density at radius 1 is 1.30 bits per heavy atom. The van der Waals surface area contributed by atoms with Crippen LogP contribution in [-0.4, -0.2) is 29.2 Å². The van der Waals surface area contributed by atoms with Crippen molar-refractivity contribution in [3.63, 3.8) is 0 Å². The number of hydrogen-bond donors (Lipinski definition) is 2. The lowest BCUT2D eigenvalue weighted by atomic mass is 9.48. The molecule has 146 valence electrons. The van der Waals surface area contributed by atoms with Crippen molar-refractivity contribution in [3.8, 4) is 0 Å². The molecule has 27 heavy (non-hydrogen) atoms. The number of carbonyl (C=O) groups excluding carboxylic acids is 2. The van der Waals surface area contributed by atoms with Gasteiger partial charge in [-0.25, -0.2) is 0 Å².